The van der Waals surface area contributed by atoms with Gasteiger partial charge in [0.15, 0.2) is 0 Å². The van der Waals surface area contributed by atoms with Gasteiger partial charge in [0.2, 0.25) is 0 Å². The van der Waals surface area contributed by atoms with Gasteiger partial charge in [0.05, 0.1) is 5.92 Å². The molecule has 1 aliphatic rings. The fourth-order valence-corrected chi connectivity index (χ4v) is 1.43. The zero-order valence-corrected chi connectivity index (χ0v) is 9.31. The molecule has 1 aliphatic carbocycles. The molecule has 10 heavy (non-hydrogen) atoms. The van der Waals surface area contributed by atoms with Crippen molar-refractivity contribution < 1.29 is 29.4 Å². The summed E-state index contributed by atoms with van der Waals surface area (Å²) in [6, 6.07) is 0. The molecule has 2 nitrogen and oxygen atoms in total. The maximum atomic E-state index is 10.3. The summed E-state index contributed by atoms with van der Waals surface area (Å²) in [4.78, 5) is 10.3. The Morgan fingerprint density at radius 2 is 2.10 bits per heavy atom. The maximum absolute atomic E-state index is 10.3. The van der Waals surface area contributed by atoms with Crippen molar-refractivity contribution in [3.8, 4) is 0 Å². The fraction of sp³-hybridized carbons (Fsp3) is 0.857. The zero-order valence-electron chi connectivity index (χ0n) is 6.34. The van der Waals surface area contributed by atoms with Crippen LogP contribution in [0.15, 0.2) is 0 Å². The van der Waals surface area contributed by atoms with Gasteiger partial charge in [-0.05, 0) is 25.2 Å². The van der Waals surface area contributed by atoms with E-state index in [0.717, 1.165) is 19.3 Å². The summed E-state index contributed by atoms with van der Waals surface area (Å²) < 4.78 is 0. The van der Waals surface area contributed by atoms with E-state index in [1.807, 2.05) is 0 Å². The summed E-state index contributed by atoms with van der Waals surface area (Å²) in [5.41, 5.74) is 0. The van der Waals surface area contributed by atoms with E-state index in [4.69, 9.17) is 5.11 Å². The molecular formula is C7H12O2Zn. The molecule has 0 aromatic rings. The number of carboxylic acid groups (broad SMARTS) is 1. The summed E-state index contributed by atoms with van der Waals surface area (Å²) in [5, 5.41) is 8.53. The Bertz CT molecular complexity index is 125. The van der Waals surface area contributed by atoms with E-state index < -0.39 is 5.97 Å². The number of carboxylic acids is 1. The fourth-order valence-electron chi connectivity index (χ4n) is 1.43. The molecule has 0 saturated heterocycles. The number of carbonyl (C=O) groups is 1. The SMILES string of the molecule is CC1CCC(C(=O)O)C1.[Zn]. The molecule has 1 fully saturated rings. The van der Waals surface area contributed by atoms with E-state index in [1.165, 1.54) is 0 Å². The van der Waals surface area contributed by atoms with Crippen LogP contribution in [0.25, 0.3) is 0 Å². The van der Waals surface area contributed by atoms with Crippen LogP contribution in [0.4, 0.5) is 0 Å². The van der Waals surface area contributed by atoms with Crippen LogP contribution in [-0.4, -0.2) is 11.1 Å². The normalized spacial score (nSPS) is 31.3. The standard InChI is InChI=1S/C7H12O2.Zn/c1-5-2-3-6(4-5)7(8)9;/h5-6H,2-4H2,1H3,(H,8,9);. The maximum Gasteiger partial charge on any atom is 0.306 e. The van der Waals surface area contributed by atoms with Crippen molar-refractivity contribution >= 4 is 5.97 Å². The van der Waals surface area contributed by atoms with Crippen LogP contribution < -0.4 is 0 Å². The van der Waals surface area contributed by atoms with E-state index >= 15 is 0 Å². The molecule has 54 valence electrons. The first kappa shape index (κ1) is 10.1. The molecule has 1 saturated carbocycles. The molecule has 3 heteroatoms. The second-order valence-corrected chi connectivity index (χ2v) is 2.95. The first-order chi connectivity index (χ1) is 4.20. The Kier molecular flexibility index (Phi) is 4.11. The summed E-state index contributed by atoms with van der Waals surface area (Å²) in [6.07, 6.45) is 2.86. The van der Waals surface area contributed by atoms with E-state index in [9.17, 15) is 4.79 Å². The second kappa shape index (κ2) is 4.07. The van der Waals surface area contributed by atoms with E-state index in [-0.39, 0.29) is 25.4 Å². The van der Waals surface area contributed by atoms with Crippen molar-refractivity contribution in [3.05, 3.63) is 0 Å². The first-order valence-corrected chi connectivity index (χ1v) is 3.43. The first-order valence-electron chi connectivity index (χ1n) is 3.43. The van der Waals surface area contributed by atoms with Gasteiger partial charge in [0.25, 0.3) is 0 Å². The van der Waals surface area contributed by atoms with Crippen LogP contribution in [-0.2, 0) is 24.3 Å². The van der Waals surface area contributed by atoms with Crippen molar-refractivity contribution in [1.29, 1.82) is 0 Å². The average molecular weight is 194 g/mol. The monoisotopic (exact) mass is 192 g/mol. The Balaban J connectivity index is 0.000000810. The molecule has 0 aromatic carbocycles. The van der Waals surface area contributed by atoms with Gasteiger partial charge in [-0.15, -0.1) is 0 Å². The van der Waals surface area contributed by atoms with Crippen molar-refractivity contribution in [2.75, 3.05) is 0 Å². The molecule has 0 bridgehead atoms. The summed E-state index contributed by atoms with van der Waals surface area (Å²) in [6.45, 7) is 2.11. The van der Waals surface area contributed by atoms with Gasteiger partial charge in [0.1, 0.15) is 0 Å². The molecule has 2 atom stereocenters. The van der Waals surface area contributed by atoms with Gasteiger partial charge >= 0.3 is 5.97 Å². The predicted octanol–water partition coefficient (Wildman–Crippen LogP) is 1.50. The van der Waals surface area contributed by atoms with Gasteiger partial charge in [0, 0.05) is 19.5 Å². The topological polar surface area (TPSA) is 37.3 Å². The van der Waals surface area contributed by atoms with Gasteiger partial charge in [-0.2, -0.15) is 0 Å². The van der Waals surface area contributed by atoms with Gasteiger partial charge < -0.3 is 5.11 Å². The molecule has 1 N–H and O–H groups in total. The Morgan fingerprint density at radius 3 is 2.30 bits per heavy atom. The third kappa shape index (κ3) is 2.38. The minimum atomic E-state index is -0.612. The number of rotatable bonds is 1. The van der Waals surface area contributed by atoms with Crippen LogP contribution >= 0.6 is 0 Å². The van der Waals surface area contributed by atoms with Crippen molar-refractivity contribution in [1.82, 2.24) is 0 Å². The summed E-state index contributed by atoms with van der Waals surface area (Å²) in [5.74, 6) is -0.0227. The van der Waals surface area contributed by atoms with Crippen LogP contribution in [0.2, 0.25) is 0 Å². The third-order valence-corrected chi connectivity index (χ3v) is 2.04. The summed E-state index contributed by atoms with van der Waals surface area (Å²) in [7, 11) is 0. The van der Waals surface area contributed by atoms with Gasteiger partial charge in [-0.25, -0.2) is 0 Å². The molecule has 0 radical (unpaired) electrons. The smallest absolute Gasteiger partial charge is 0.306 e. The van der Waals surface area contributed by atoms with E-state index in [2.05, 4.69) is 6.92 Å². The predicted molar refractivity (Wildman–Crippen MR) is 34.1 cm³/mol. The van der Waals surface area contributed by atoms with Gasteiger partial charge in [-0.1, -0.05) is 6.92 Å². The molecule has 0 spiro atoms. The number of hydrogen-bond acceptors (Lipinski definition) is 1. The Morgan fingerprint density at radius 1 is 1.50 bits per heavy atom. The molecular weight excluding hydrogens is 181 g/mol. The molecule has 0 amide bonds. The summed E-state index contributed by atoms with van der Waals surface area (Å²) >= 11 is 0. The van der Waals surface area contributed by atoms with Crippen LogP contribution in [0.5, 0.6) is 0 Å². The largest absolute Gasteiger partial charge is 0.481 e. The number of aliphatic carboxylic acids is 1. The molecule has 0 heterocycles. The molecule has 0 aromatic heterocycles. The second-order valence-electron chi connectivity index (χ2n) is 2.95. The van der Waals surface area contributed by atoms with Gasteiger partial charge in [-0.3, -0.25) is 4.79 Å². The Labute approximate surface area is 73.8 Å². The quantitative estimate of drug-likeness (QED) is 0.641. The minimum absolute atomic E-state index is 0. The van der Waals surface area contributed by atoms with Crippen molar-refractivity contribution in [3.63, 3.8) is 0 Å². The third-order valence-electron chi connectivity index (χ3n) is 2.04. The molecule has 0 aliphatic heterocycles. The Hall–Kier alpha value is 0.0934. The minimum Gasteiger partial charge on any atom is -0.481 e. The van der Waals surface area contributed by atoms with Crippen LogP contribution in [0.1, 0.15) is 26.2 Å². The molecule has 1 rings (SSSR count). The average Bonchev–Trinajstić information content (AvgIpc) is 2.14. The molecule has 2 unspecified atom stereocenters. The van der Waals surface area contributed by atoms with Crippen LogP contribution in [0.3, 0.4) is 0 Å². The van der Waals surface area contributed by atoms with Crippen molar-refractivity contribution in [2.45, 2.75) is 26.2 Å². The van der Waals surface area contributed by atoms with Crippen LogP contribution in [0, 0.1) is 11.8 Å². The zero-order chi connectivity index (χ0) is 6.85. The number of hydrogen-bond donors (Lipinski definition) is 1. The van der Waals surface area contributed by atoms with E-state index in [0.29, 0.717) is 5.92 Å². The van der Waals surface area contributed by atoms with E-state index in [1.54, 1.807) is 0 Å². The van der Waals surface area contributed by atoms with Crippen molar-refractivity contribution in [2.24, 2.45) is 11.8 Å².